The zero-order valence-electron chi connectivity index (χ0n) is 9.05. The first-order valence-corrected chi connectivity index (χ1v) is 6.05. The number of nitro benzene ring substituents is 1. The minimum absolute atomic E-state index is 0.773. The predicted molar refractivity (Wildman–Crippen MR) is 55.4 cm³/mol. The van der Waals surface area contributed by atoms with Gasteiger partial charge in [0.1, 0.15) is 0 Å². The molecule has 0 saturated heterocycles. The third-order valence-electron chi connectivity index (χ3n) is 1.76. The highest BCUT2D eigenvalue weighted by Gasteiger charge is 2.30. The van der Waals surface area contributed by atoms with Gasteiger partial charge < -0.3 is 0 Å². The molecule has 1 rings (SSSR count). The topological polar surface area (TPSA) is 98.5 Å². The molecule has 0 saturated carbocycles. The second-order valence-electron chi connectivity index (χ2n) is 3.22. The normalized spacial score (nSPS) is 12.4. The van der Waals surface area contributed by atoms with Gasteiger partial charge in [0.25, 0.3) is 15.7 Å². The van der Waals surface area contributed by atoms with Crippen molar-refractivity contribution < 1.29 is 31.3 Å². The van der Waals surface area contributed by atoms with Gasteiger partial charge in [-0.15, -0.1) is 0 Å². The Morgan fingerprint density at radius 2 is 1.89 bits per heavy atom. The van der Waals surface area contributed by atoms with Crippen LogP contribution in [0.3, 0.4) is 0 Å². The standard InChI is InChI=1S/C8H7F3N2O5S/c9-8(10,11)5-18-12-19(16,17)7-4-2-1-3-6(7)13(14)15/h1-4,12H,5H2. The summed E-state index contributed by atoms with van der Waals surface area (Å²) in [6.07, 6.45) is -4.73. The summed E-state index contributed by atoms with van der Waals surface area (Å²) in [7, 11) is -4.57. The summed E-state index contributed by atoms with van der Waals surface area (Å²) in [6, 6.07) is 4.18. The highest BCUT2D eigenvalue weighted by atomic mass is 32.2. The van der Waals surface area contributed by atoms with Gasteiger partial charge in [0.15, 0.2) is 11.5 Å². The van der Waals surface area contributed by atoms with Crippen LogP contribution in [0, 0.1) is 10.1 Å². The van der Waals surface area contributed by atoms with Gasteiger partial charge in [0.2, 0.25) is 0 Å². The molecule has 1 aromatic rings. The molecule has 11 heteroatoms. The summed E-state index contributed by atoms with van der Waals surface area (Å²) < 4.78 is 58.4. The van der Waals surface area contributed by atoms with Gasteiger partial charge in [0, 0.05) is 6.07 Å². The van der Waals surface area contributed by atoms with E-state index in [4.69, 9.17) is 0 Å². The number of sulfonamides is 1. The fraction of sp³-hybridized carbons (Fsp3) is 0.250. The number of para-hydroxylation sites is 1. The van der Waals surface area contributed by atoms with Gasteiger partial charge in [-0.25, -0.2) is 8.42 Å². The number of hydrogen-bond acceptors (Lipinski definition) is 5. The van der Waals surface area contributed by atoms with Crippen LogP contribution in [-0.2, 0) is 14.9 Å². The SMILES string of the molecule is O=[N+]([O-])c1ccccc1S(=O)(=O)NOCC(F)(F)F. The molecule has 0 heterocycles. The molecule has 0 aliphatic rings. The van der Waals surface area contributed by atoms with Crippen LogP contribution >= 0.6 is 0 Å². The highest BCUT2D eigenvalue weighted by molar-refractivity contribution is 7.89. The van der Waals surface area contributed by atoms with E-state index in [2.05, 4.69) is 4.84 Å². The Labute approximate surface area is 105 Å². The molecule has 19 heavy (non-hydrogen) atoms. The molecular formula is C8H7F3N2O5S. The van der Waals surface area contributed by atoms with E-state index in [9.17, 15) is 31.7 Å². The third-order valence-corrected chi connectivity index (χ3v) is 3.02. The minimum Gasteiger partial charge on any atom is -0.277 e. The monoisotopic (exact) mass is 300 g/mol. The summed E-state index contributed by atoms with van der Waals surface area (Å²) in [5.74, 6) is 0. The number of benzene rings is 1. The molecule has 0 amide bonds. The summed E-state index contributed by atoms with van der Waals surface area (Å²) in [5, 5.41) is 10.6. The van der Waals surface area contributed by atoms with Gasteiger partial charge >= 0.3 is 6.18 Å². The van der Waals surface area contributed by atoms with Crippen molar-refractivity contribution in [1.82, 2.24) is 4.89 Å². The maximum Gasteiger partial charge on any atom is 0.413 e. The second-order valence-corrected chi connectivity index (χ2v) is 4.83. The number of hydrogen-bond donors (Lipinski definition) is 1. The number of alkyl halides is 3. The molecule has 0 aliphatic carbocycles. The molecular weight excluding hydrogens is 293 g/mol. The molecule has 0 aliphatic heterocycles. The lowest BCUT2D eigenvalue weighted by molar-refractivity contribution is -0.387. The number of nitrogens with zero attached hydrogens (tertiary/aromatic N) is 1. The van der Waals surface area contributed by atoms with Crippen LogP contribution in [0.1, 0.15) is 0 Å². The molecule has 0 bridgehead atoms. The van der Waals surface area contributed by atoms with E-state index < -0.39 is 38.3 Å². The summed E-state index contributed by atoms with van der Waals surface area (Å²) in [6.45, 7) is -1.85. The quantitative estimate of drug-likeness (QED) is 0.654. The highest BCUT2D eigenvalue weighted by Crippen LogP contribution is 2.23. The van der Waals surface area contributed by atoms with Crippen LogP contribution in [0.5, 0.6) is 0 Å². The van der Waals surface area contributed by atoms with Crippen LogP contribution in [0.2, 0.25) is 0 Å². The van der Waals surface area contributed by atoms with Crippen molar-refractivity contribution in [3.05, 3.63) is 34.4 Å². The Kier molecular flexibility index (Phi) is 4.44. The van der Waals surface area contributed by atoms with E-state index >= 15 is 0 Å². The van der Waals surface area contributed by atoms with Crippen molar-refractivity contribution in [2.75, 3.05) is 6.61 Å². The first-order chi connectivity index (χ1) is 8.63. The van der Waals surface area contributed by atoms with Crippen LogP contribution in [0.4, 0.5) is 18.9 Å². The largest absolute Gasteiger partial charge is 0.413 e. The Morgan fingerprint density at radius 3 is 2.42 bits per heavy atom. The molecule has 0 aromatic heterocycles. The smallest absolute Gasteiger partial charge is 0.277 e. The van der Waals surface area contributed by atoms with Gasteiger partial charge in [-0.05, 0) is 6.07 Å². The molecule has 0 unspecified atom stereocenters. The third kappa shape index (κ3) is 4.46. The van der Waals surface area contributed by atoms with Crippen molar-refractivity contribution in [1.29, 1.82) is 0 Å². The first kappa shape index (κ1) is 15.3. The molecule has 1 N–H and O–H groups in total. The Hall–Kier alpha value is -1.72. The number of nitrogens with one attached hydrogen (secondary N) is 1. The van der Waals surface area contributed by atoms with Gasteiger partial charge in [0.05, 0.1) is 4.92 Å². The predicted octanol–water partition coefficient (Wildman–Crippen LogP) is 1.37. The number of nitro groups is 1. The van der Waals surface area contributed by atoms with E-state index in [0.29, 0.717) is 0 Å². The van der Waals surface area contributed by atoms with Crippen LogP contribution in [0.15, 0.2) is 29.2 Å². The first-order valence-electron chi connectivity index (χ1n) is 4.57. The van der Waals surface area contributed by atoms with Crippen molar-refractivity contribution in [3.8, 4) is 0 Å². The van der Waals surface area contributed by atoms with E-state index in [1.807, 2.05) is 0 Å². The van der Waals surface area contributed by atoms with E-state index in [1.165, 1.54) is 17.0 Å². The van der Waals surface area contributed by atoms with Gasteiger partial charge in [-0.2, -0.15) is 13.2 Å². The zero-order valence-corrected chi connectivity index (χ0v) is 9.86. The number of rotatable bonds is 5. The van der Waals surface area contributed by atoms with E-state index in [1.54, 1.807) is 0 Å². The van der Waals surface area contributed by atoms with Crippen molar-refractivity contribution >= 4 is 15.7 Å². The average molecular weight is 300 g/mol. The van der Waals surface area contributed by atoms with Crippen LogP contribution in [0.25, 0.3) is 0 Å². The van der Waals surface area contributed by atoms with Crippen molar-refractivity contribution in [2.45, 2.75) is 11.1 Å². The maximum atomic E-state index is 11.8. The molecule has 1 aromatic carbocycles. The van der Waals surface area contributed by atoms with E-state index in [0.717, 1.165) is 12.1 Å². The van der Waals surface area contributed by atoms with Gasteiger partial charge in [-0.1, -0.05) is 17.0 Å². The molecule has 0 spiro atoms. The molecule has 0 radical (unpaired) electrons. The van der Waals surface area contributed by atoms with Gasteiger partial charge in [-0.3, -0.25) is 15.0 Å². The lowest BCUT2D eigenvalue weighted by Gasteiger charge is -2.09. The van der Waals surface area contributed by atoms with E-state index in [-0.39, 0.29) is 0 Å². The fourth-order valence-electron chi connectivity index (χ4n) is 1.07. The maximum absolute atomic E-state index is 11.8. The summed E-state index contributed by atoms with van der Waals surface area (Å²) in [5.41, 5.74) is -0.773. The second kappa shape index (κ2) is 5.50. The lowest BCUT2D eigenvalue weighted by Crippen LogP contribution is -2.30. The van der Waals surface area contributed by atoms with Crippen molar-refractivity contribution in [3.63, 3.8) is 0 Å². The Balaban J connectivity index is 2.92. The number of halogens is 3. The summed E-state index contributed by atoms with van der Waals surface area (Å²) in [4.78, 5) is 13.8. The average Bonchev–Trinajstić information content (AvgIpc) is 2.27. The van der Waals surface area contributed by atoms with Crippen LogP contribution < -0.4 is 4.89 Å². The Bertz CT molecular complexity index is 572. The molecule has 0 fully saturated rings. The molecule has 0 atom stereocenters. The van der Waals surface area contributed by atoms with Crippen LogP contribution in [-0.4, -0.2) is 26.1 Å². The molecule has 106 valence electrons. The lowest BCUT2D eigenvalue weighted by atomic mass is 10.3. The fourth-order valence-corrected chi connectivity index (χ4v) is 2.05. The zero-order chi connectivity index (χ0) is 14.7. The van der Waals surface area contributed by atoms with Crippen molar-refractivity contribution in [2.24, 2.45) is 0 Å². The summed E-state index contributed by atoms with van der Waals surface area (Å²) >= 11 is 0. The Morgan fingerprint density at radius 1 is 1.32 bits per heavy atom. The molecule has 7 nitrogen and oxygen atoms in total. The minimum atomic E-state index is -4.73.